The molecule has 2 rings (SSSR count). The highest BCUT2D eigenvalue weighted by Crippen LogP contribution is 2.45. The number of rotatable bonds is 3. The minimum absolute atomic E-state index is 0.0927. The van der Waals surface area contributed by atoms with Crippen LogP contribution in [-0.2, 0) is 9.53 Å². The van der Waals surface area contributed by atoms with Gasteiger partial charge in [-0.1, -0.05) is 19.4 Å². The molecule has 1 fully saturated rings. The Labute approximate surface area is 130 Å². The molecule has 0 aromatic carbocycles. The van der Waals surface area contributed by atoms with Gasteiger partial charge in [0, 0.05) is 0 Å². The first kappa shape index (κ1) is 17.6. The Morgan fingerprint density at radius 2 is 1.86 bits per heavy atom. The highest BCUT2D eigenvalue weighted by atomic mass is 16.5. The second kappa shape index (κ2) is 6.37. The van der Waals surface area contributed by atoms with Gasteiger partial charge in [-0.2, -0.15) is 0 Å². The van der Waals surface area contributed by atoms with E-state index in [1.54, 1.807) is 0 Å². The lowest BCUT2D eigenvalue weighted by atomic mass is 9.66. The topological polar surface area (TPSA) is 107 Å². The third-order valence-corrected chi connectivity index (χ3v) is 5.04. The molecule has 6 atom stereocenters. The number of allylic oxidation sites excluding steroid dienone is 2. The summed E-state index contributed by atoms with van der Waals surface area (Å²) in [7, 11) is 0. The van der Waals surface area contributed by atoms with Crippen molar-refractivity contribution < 1.29 is 30.0 Å². The number of hydrogen-bond acceptors (Lipinski definition) is 6. The van der Waals surface area contributed by atoms with Gasteiger partial charge in [-0.3, -0.25) is 4.79 Å². The van der Waals surface area contributed by atoms with E-state index in [9.17, 15) is 25.2 Å². The molecule has 2 unspecified atom stereocenters. The third-order valence-electron chi connectivity index (χ3n) is 5.04. The van der Waals surface area contributed by atoms with E-state index in [0.29, 0.717) is 12.8 Å². The summed E-state index contributed by atoms with van der Waals surface area (Å²) in [4.78, 5) is 11.3. The predicted molar refractivity (Wildman–Crippen MR) is 79.0 cm³/mol. The van der Waals surface area contributed by atoms with Gasteiger partial charge in [0.15, 0.2) is 0 Å². The first-order chi connectivity index (χ1) is 10.2. The zero-order chi connectivity index (χ0) is 16.7. The molecule has 0 spiro atoms. The molecule has 126 valence electrons. The molecule has 0 aromatic rings. The fraction of sp³-hybridized carbons (Fsp3) is 0.812. The number of hydrogen-bond donors (Lipinski definition) is 4. The van der Waals surface area contributed by atoms with Gasteiger partial charge < -0.3 is 25.2 Å². The van der Waals surface area contributed by atoms with Crippen LogP contribution in [0.1, 0.15) is 33.6 Å². The van der Waals surface area contributed by atoms with Crippen LogP contribution in [0.25, 0.3) is 0 Å². The average Bonchev–Trinajstić information content (AvgIpc) is 2.44. The largest absolute Gasteiger partial charge is 0.394 e. The van der Waals surface area contributed by atoms with E-state index < -0.39 is 37.1 Å². The molecule has 1 aliphatic heterocycles. The van der Waals surface area contributed by atoms with Crippen molar-refractivity contribution in [3.63, 3.8) is 0 Å². The summed E-state index contributed by atoms with van der Waals surface area (Å²) in [6, 6.07) is 0. The van der Waals surface area contributed by atoms with Crippen molar-refractivity contribution >= 4 is 6.29 Å². The lowest BCUT2D eigenvalue weighted by Gasteiger charge is -2.47. The normalized spacial score (nSPS) is 42.3. The summed E-state index contributed by atoms with van der Waals surface area (Å²) in [5.74, 6) is -0.0927. The van der Waals surface area contributed by atoms with Crippen LogP contribution in [0.2, 0.25) is 0 Å². The van der Waals surface area contributed by atoms with Crippen LogP contribution >= 0.6 is 0 Å². The summed E-state index contributed by atoms with van der Waals surface area (Å²) in [5, 5.41) is 39.3. The number of aliphatic hydroxyl groups is 4. The van der Waals surface area contributed by atoms with E-state index in [0.717, 1.165) is 17.4 Å². The molecule has 0 aromatic heterocycles. The summed E-state index contributed by atoms with van der Waals surface area (Å²) in [5.41, 5.74) is 1.38. The molecule has 0 saturated carbocycles. The number of aliphatic hydroxyl groups excluding tert-OH is 4. The van der Waals surface area contributed by atoms with Crippen LogP contribution in [0.5, 0.6) is 0 Å². The molecular weight excluding hydrogens is 288 g/mol. The molecule has 2 aliphatic rings. The van der Waals surface area contributed by atoms with E-state index >= 15 is 0 Å². The fourth-order valence-electron chi connectivity index (χ4n) is 3.93. The van der Waals surface area contributed by atoms with Crippen molar-refractivity contribution in [1.29, 1.82) is 0 Å². The molecule has 0 bridgehead atoms. The van der Waals surface area contributed by atoms with Crippen molar-refractivity contribution in [1.82, 2.24) is 0 Å². The minimum atomic E-state index is -1.35. The van der Waals surface area contributed by atoms with Crippen molar-refractivity contribution in [3.05, 3.63) is 11.1 Å². The Morgan fingerprint density at radius 3 is 2.36 bits per heavy atom. The molecule has 1 aliphatic carbocycles. The van der Waals surface area contributed by atoms with Gasteiger partial charge in [0.05, 0.1) is 12.7 Å². The first-order valence-corrected chi connectivity index (χ1v) is 7.69. The molecule has 0 radical (unpaired) electrons. The average molecular weight is 314 g/mol. The molecule has 1 heterocycles. The van der Waals surface area contributed by atoms with E-state index in [2.05, 4.69) is 0 Å². The predicted octanol–water partition coefficient (Wildman–Crippen LogP) is -0.220. The van der Waals surface area contributed by atoms with Crippen molar-refractivity contribution in [2.75, 3.05) is 6.61 Å². The van der Waals surface area contributed by atoms with Crippen LogP contribution in [0.4, 0.5) is 0 Å². The van der Waals surface area contributed by atoms with Gasteiger partial charge >= 0.3 is 0 Å². The van der Waals surface area contributed by atoms with Crippen LogP contribution in [0, 0.1) is 11.3 Å². The molecule has 1 saturated heterocycles. The fourth-order valence-corrected chi connectivity index (χ4v) is 3.93. The Bertz CT molecular complexity index is 456. The maximum atomic E-state index is 11.3. The molecule has 22 heavy (non-hydrogen) atoms. The number of carbonyl (C=O) groups is 1. The van der Waals surface area contributed by atoms with Crippen molar-refractivity contribution in [2.24, 2.45) is 11.3 Å². The SMILES string of the molecule is CC1=C(C=O)C(C)(C)CC(C2O[C@H](CO)[C@@H](O)[C@H](O)[C@H]2O)C1. The Morgan fingerprint density at radius 1 is 1.23 bits per heavy atom. The molecule has 6 nitrogen and oxygen atoms in total. The monoisotopic (exact) mass is 314 g/mol. The zero-order valence-electron chi connectivity index (χ0n) is 13.3. The Balaban J connectivity index is 2.25. The van der Waals surface area contributed by atoms with Gasteiger partial charge in [0.1, 0.15) is 30.7 Å². The minimum Gasteiger partial charge on any atom is -0.394 e. The van der Waals surface area contributed by atoms with Crippen molar-refractivity contribution in [2.45, 2.75) is 64.1 Å². The highest BCUT2D eigenvalue weighted by molar-refractivity contribution is 5.76. The summed E-state index contributed by atoms with van der Waals surface area (Å²) < 4.78 is 5.66. The molecular formula is C16H26O6. The highest BCUT2D eigenvalue weighted by Gasteiger charge is 2.48. The van der Waals surface area contributed by atoms with E-state index in [-0.39, 0.29) is 11.3 Å². The first-order valence-electron chi connectivity index (χ1n) is 7.69. The maximum absolute atomic E-state index is 11.3. The van der Waals surface area contributed by atoms with Gasteiger partial charge in [-0.25, -0.2) is 0 Å². The second-order valence-corrected chi connectivity index (χ2v) is 7.16. The smallest absolute Gasteiger partial charge is 0.146 e. The van der Waals surface area contributed by atoms with Crippen LogP contribution in [0.3, 0.4) is 0 Å². The standard InChI is InChI=1S/C16H26O6/c1-8-4-9(5-16(2,3)10(8)6-17)15-14(21)13(20)12(19)11(7-18)22-15/h6,9,11-15,18-21H,4-5,7H2,1-3H3/t9?,11-,12-,13+,14-,15?/m1/s1. The number of ether oxygens (including phenoxy) is 1. The van der Waals surface area contributed by atoms with Gasteiger partial charge in [0.2, 0.25) is 0 Å². The van der Waals surface area contributed by atoms with Crippen LogP contribution in [-0.4, -0.2) is 63.8 Å². The van der Waals surface area contributed by atoms with E-state index in [1.807, 2.05) is 20.8 Å². The van der Waals surface area contributed by atoms with Crippen LogP contribution in [0.15, 0.2) is 11.1 Å². The van der Waals surface area contributed by atoms with E-state index in [1.165, 1.54) is 0 Å². The molecule has 4 N–H and O–H groups in total. The van der Waals surface area contributed by atoms with E-state index in [4.69, 9.17) is 4.74 Å². The molecule has 6 heteroatoms. The molecule has 0 amide bonds. The second-order valence-electron chi connectivity index (χ2n) is 7.16. The lowest BCUT2D eigenvalue weighted by molar-refractivity contribution is -0.243. The van der Waals surface area contributed by atoms with Gasteiger partial charge in [-0.05, 0) is 36.7 Å². The van der Waals surface area contributed by atoms with Crippen molar-refractivity contribution in [3.8, 4) is 0 Å². The number of aldehydes is 1. The number of carbonyl (C=O) groups excluding carboxylic acids is 1. The summed E-state index contributed by atoms with van der Waals surface area (Å²) in [6.45, 7) is 5.40. The maximum Gasteiger partial charge on any atom is 0.146 e. The Hall–Kier alpha value is -0.790. The lowest BCUT2D eigenvalue weighted by Crippen LogP contribution is -2.60. The quantitative estimate of drug-likeness (QED) is 0.537. The van der Waals surface area contributed by atoms with Gasteiger partial charge in [0.25, 0.3) is 0 Å². The summed E-state index contributed by atoms with van der Waals surface area (Å²) in [6.07, 6.45) is -3.38. The summed E-state index contributed by atoms with van der Waals surface area (Å²) >= 11 is 0. The zero-order valence-corrected chi connectivity index (χ0v) is 13.3. The van der Waals surface area contributed by atoms with Gasteiger partial charge in [-0.15, -0.1) is 0 Å². The third kappa shape index (κ3) is 2.98. The Kier molecular flexibility index (Phi) is 5.09. The van der Waals surface area contributed by atoms with Crippen LogP contribution < -0.4 is 0 Å².